The van der Waals surface area contributed by atoms with Crippen molar-refractivity contribution in [1.29, 1.82) is 0 Å². The molecular weight excluding hydrogens is 198 g/mol. The Morgan fingerprint density at radius 1 is 1.40 bits per heavy atom. The molecule has 0 spiro atoms. The van der Waals surface area contributed by atoms with E-state index in [0.717, 1.165) is 17.5 Å². The minimum atomic E-state index is -0.0164. The number of hydrogen-bond acceptors (Lipinski definition) is 5. The quantitative estimate of drug-likeness (QED) is 0.400. The fourth-order valence-corrected chi connectivity index (χ4v) is 1.35. The van der Waals surface area contributed by atoms with Crippen LogP contribution in [-0.4, -0.2) is 16.8 Å². The predicted octanol–water partition coefficient (Wildman–Crippen LogP) is 1.64. The Morgan fingerprint density at radius 3 is 2.60 bits per heavy atom. The van der Waals surface area contributed by atoms with Crippen molar-refractivity contribution in [1.82, 2.24) is 5.48 Å². The van der Waals surface area contributed by atoms with Crippen LogP contribution in [-0.2, 0) is 0 Å². The third kappa shape index (κ3) is 2.66. The standard InChI is InChI=1S/C9H12N3O3/c1-6-3-7(2)9(10-5-11-13)8(4-6)12(14)15/h3-5,14-15H,1-2H3,(H-,10,11,13)/q-1. The molecule has 0 saturated heterocycles. The number of nitrogens with one attached hydrogen (secondary N) is 1. The molecule has 15 heavy (non-hydrogen) atoms. The topological polar surface area (TPSA) is 91.2 Å². The van der Waals surface area contributed by atoms with E-state index >= 15 is 0 Å². The number of hydroxylamine groups is 1. The monoisotopic (exact) mass is 210 g/mol. The van der Waals surface area contributed by atoms with Gasteiger partial charge in [0.25, 0.3) is 0 Å². The maximum Gasteiger partial charge on any atom is 0.120 e. The Kier molecular flexibility index (Phi) is 3.62. The third-order valence-electron chi connectivity index (χ3n) is 1.89. The van der Waals surface area contributed by atoms with Gasteiger partial charge in [-0.2, -0.15) is 0 Å². The van der Waals surface area contributed by atoms with E-state index in [2.05, 4.69) is 4.99 Å². The second-order valence-electron chi connectivity index (χ2n) is 3.12. The lowest BCUT2D eigenvalue weighted by molar-refractivity contribution is 0.0294. The summed E-state index contributed by atoms with van der Waals surface area (Å²) >= 11 is 0. The van der Waals surface area contributed by atoms with Crippen LogP contribution in [0.25, 0.3) is 0 Å². The number of nitrogens with zero attached hydrogens (tertiary/aromatic N) is 2. The van der Waals surface area contributed by atoms with Crippen molar-refractivity contribution >= 4 is 17.7 Å². The van der Waals surface area contributed by atoms with Gasteiger partial charge in [0.15, 0.2) is 0 Å². The third-order valence-corrected chi connectivity index (χ3v) is 1.89. The molecule has 0 heterocycles. The summed E-state index contributed by atoms with van der Waals surface area (Å²) in [7, 11) is 0. The predicted molar refractivity (Wildman–Crippen MR) is 56.6 cm³/mol. The molecule has 6 nitrogen and oxygen atoms in total. The first-order valence-electron chi connectivity index (χ1n) is 4.25. The molecule has 0 radical (unpaired) electrons. The minimum absolute atomic E-state index is 0.0164. The zero-order valence-electron chi connectivity index (χ0n) is 8.43. The van der Waals surface area contributed by atoms with E-state index < -0.39 is 0 Å². The van der Waals surface area contributed by atoms with Gasteiger partial charge in [-0.1, -0.05) is 6.07 Å². The summed E-state index contributed by atoms with van der Waals surface area (Å²) in [6, 6.07) is 3.37. The Labute approximate surface area is 87.0 Å². The van der Waals surface area contributed by atoms with E-state index in [0.29, 0.717) is 5.69 Å². The second kappa shape index (κ2) is 4.74. The molecule has 3 N–H and O–H groups in total. The van der Waals surface area contributed by atoms with Crippen molar-refractivity contribution < 1.29 is 10.4 Å². The molecule has 0 aliphatic rings. The summed E-state index contributed by atoms with van der Waals surface area (Å²) in [5, 5.41) is 27.9. The van der Waals surface area contributed by atoms with Crippen molar-refractivity contribution in [3.63, 3.8) is 0 Å². The van der Waals surface area contributed by atoms with Gasteiger partial charge >= 0.3 is 0 Å². The van der Waals surface area contributed by atoms with Crippen LogP contribution in [0, 0.1) is 19.1 Å². The number of benzene rings is 1. The van der Waals surface area contributed by atoms with Gasteiger partial charge in [0, 0.05) is 0 Å². The number of aryl methyl sites for hydroxylation is 2. The van der Waals surface area contributed by atoms with Crippen LogP contribution in [0.3, 0.4) is 0 Å². The number of rotatable bonds is 3. The van der Waals surface area contributed by atoms with Gasteiger partial charge in [-0.05, 0) is 31.0 Å². The van der Waals surface area contributed by atoms with Gasteiger partial charge in [0.2, 0.25) is 0 Å². The van der Waals surface area contributed by atoms with Crippen LogP contribution < -0.4 is 10.7 Å². The summed E-state index contributed by atoms with van der Waals surface area (Å²) < 4.78 is 0. The second-order valence-corrected chi connectivity index (χ2v) is 3.12. The first-order valence-corrected chi connectivity index (χ1v) is 4.25. The normalized spacial score (nSPS) is 10.7. The van der Waals surface area contributed by atoms with Crippen molar-refractivity contribution in [2.75, 3.05) is 5.23 Å². The van der Waals surface area contributed by atoms with Crippen molar-refractivity contribution in [3.8, 4) is 0 Å². The largest absolute Gasteiger partial charge is 0.760 e. The Balaban J connectivity index is 3.27. The molecular formula is C9H12N3O3-. The number of aliphatic imine (C=N–C) groups is 1. The molecule has 0 unspecified atom stereocenters. The van der Waals surface area contributed by atoms with E-state index in [-0.39, 0.29) is 10.9 Å². The Bertz CT molecular complexity index is 377. The molecule has 0 fully saturated rings. The maximum absolute atomic E-state index is 10.0. The molecule has 82 valence electrons. The van der Waals surface area contributed by atoms with E-state index in [4.69, 9.17) is 10.4 Å². The molecule has 0 saturated carbocycles. The van der Waals surface area contributed by atoms with Gasteiger partial charge in [0.05, 0.1) is 12.0 Å². The number of hydrogen-bond donors (Lipinski definition) is 3. The summed E-state index contributed by atoms with van der Waals surface area (Å²) in [6.07, 6.45) is 0.935. The van der Waals surface area contributed by atoms with Gasteiger partial charge in [-0.25, -0.2) is 4.99 Å². The lowest BCUT2D eigenvalue weighted by Gasteiger charge is -2.14. The molecule has 6 heteroatoms. The van der Waals surface area contributed by atoms with E-state index in [1.807, 2.05) is 13.0 Å². The van der Waals surface area contributed by atoms with Gasteiger partial charge in [-0.3, -0.25) is 10.4 Å². The molecule has 1 rings (SSSR count). The first-order chi connectivity index (χ1) is 7.06. The molecule has 0 bridgehead atoms. The molecule has 1 aromatic rings. The summed E-state index contributed by atoms with van der Waals surface area (Å²) in [5.74, 6) is 0. The lowest BCUT2D eigenvalue weighted by Crippen LogP contribution is -2.12. The molecule has 0 aliphatic carbocycles. The average molecular weight is 210 g/mol. The molecule has 1 aromatic carbocycles. The molecule has 0 amide bonds. The SMILES string of the molecule is Cc1cc(C)c(N=CN[O-])c(N(O)O)c1. The molecule has 0 atom stereocenters. The van der Waals surface area contributed by atoms with Crippen LogP contribution in [0.4, 0.5) is 11.4 Å². The first kappa shape index (κ1) is 11.4. The van der Waals surface area contributed by atoms with Crippen LogP contribution in [0.2, 0.25) is 0 Å². The lowest BCUT2D eigenvalue weighted by atomic mass is 10.1. The summed E-state index contributed by atoms with van der Waals surface area (Å²) in [4.78, 5) is 3.78. The van der Waals surface area contributed by atoms with Gasteiger partial charge < -0.3 is 10.7 Å². The highest BCUT2D eigenvalue weighted by Gasteiger charge is 2.09. The van der Waals surface area contributed by atoms with Gasteiger partial charge in [-0.15, -0.1) is 5.23 Å². The Morgan fingerprint density at radius 2 is 2.07 bits per heavy atom. The minimum Gasteiger partial charge on any atom is -0.760 e. The van der Waals surface area contributed by atoms with E-state index in [1.54, 1.807) is 13.0 Å². The van der Waals surface area contributed by atoms with Crippen molar-refractivity contribution in [2.24, 2.45) is 4.99 Å². The highest BCUT2D eigenvalue weighted by molar-refractivity contribution is 5.74. The van der Waals surface area contributed by atoms with Crippen molar-refractivity contribution in [3.05, 3.63) is 28.5 Å². The van der Waals surface area contributed by atoms with Crippen LogP contribution in [0.15, 0.2) is 17.1 Å². The van der Waals surface area contributed by atoms with E-state index in [9.17, 15) is 5.21 Å². The van der Waals surface area contributed by atoms with Crippen LogP contribution >= 0.6 is 0 Å². The highest BCUT2D eigenvalue weighted by Crippen LogP contribution is 2.31. The smallest absolute Gasteiger partial charge is 0.120 e. The van der Waals surface area contributed by atoms with Crippen molar-refractivity contribution in [2.45, 2.75) is 13.8 Å². The summed E-state index contributed by atoms with van der Waals surface area (Å²) in [6.45, 7) is 3.58. The fourth-order valence-electron chi connectivity index (χ4n) is 1.35. The zero-order valence-corrected chi connectivity index (χ0v) is 8.43. The van der Waals surface area contributed by atoms with Gasteiger partial charge in [0.1, 0.15) is 5.69 Å². The molecule has 0 aliphatic heterocycles. The maximum atomic E-state index is 10.0. The zero-order chi connectivity index (χ0) is 11.4. The summed E-state index contributed by atoms with van der Waals surface area (Å²) in [5.41, 5.74) is 3.56. The molecule has 0 aromatic heterocycles. The van der Waals surface area contributed by atoms with Crippen LogP contribution in [0.1, 0.15) is 11.1 Å². The average Bonchev–Trinajstić information content (AvgIpc) is 2.15. The van der Waals surface area contributed by atoms with E-state index in [1.165, 1.54) is 5.48 Å². The van der Waals surface area contributed by atoms with Crippen LogP contribution in [0.5, 0.6) is 0 Å². The Hall–Kier alpha value is -1.63. The number of anilines is 1. The fraction of sp³-hybridized carbons (Fsp3) is 0.222. The highest BCUT2D eigenvalue weighted by atomic mass is 16.8.